The van der Waals surface area contributed by atoms with Crippen molar-refractivity contribution in [2.75, 3.05) is 4.72 Å². The maximum Gasteiger partial charge on any atom is 0.262 e. The van der Waals surface area contributed by atoms with Crippen LogP contribution in [-0.4, -0.2) is 8.42 Å². The topological polar surface area (TPSA) is 46.2 Å². The molecule has 1 N–H and O–H groups in total. The van der Waals surface area contributed by atoms with Crippen molar-refractivity contribution >= 4 is 15.7 Å². The van der Waals surface area contributed by atoms with Crippen molar-refractivity contribution in [2.24, 2.45) is 0 Å². The van der Waals surface area contributed by atoms with Gasteiger partial charge in [0.25, 0.3) is 10.0 Å². The molecule has 0 aliphatic heterocycles. The Kier molecular flexibility index (Phi) is 4.05. The number of anilines is 1. The third kappa shape index (κ3) is 3.24. The summed E-state index contributed by atoms with van der Waals surface area (Å²) in [5.41, 5.74) is 3.74. The first kappa shape index (κ1) is 15.5. The van der Waals surface area contributed by atoms with Crippen molar-refractivity contribution in [3.63, 3.8) is 0 Å². The SMILES string of the molecule is Cc1cc(C)c(NS(=O)(=O)c2ccc(F)cc2C)c(C)c1. The summed E-state index contributed by atoms with van der Waals surface area (Å²) in [6.45, 7) is 7.25. The molecule has 0 fully saturated rings. The summed E-state index contributed by atoms with van der Waals surface area (Å²) >= 11 is 0. The Bertz CT molecular complexity index is 775. The number of nitrogens with one attached hydrogen (secondary N) is 1. The molecule has 0 spiro atoms. The Morgan fingerprint density at radius 3 is 2.00 bits per heavy atom. The third-order valence-corrected chi connectivity index (χ3v) is 4.85. The van der Waals surface area contributed by atoms with E-state index in [0.717, 1.165) is 22.8 Å². The highest BCUT2D eigenvalue weighted by Gasteiger charge is 2.19. The van der Waals surface area contributed by atoms with Gasteiger partial charge in [-0.1, -0.05) is 17.7 Å². The molecule has 2 rings (SSSR count). The maximum absolute atomic E-state index is 13.1. The van der Waals surface area contributed by atoms with Crippen LogP contribution in [0.3, 0.4) is 0 Å². The van der Waals surface area contributed by atoms with Gasteiger partial charge >= 0.3 is 0 Å². The van der Waals surface area contributed by atoms with Gasteiger partial charge in [0.15, 0.2) is 0 Å². The number of rotatable bonds is 3. The number of benzene rings is 2. The highest BCUT2D eigenvalue weighted by molar-refractivity contribution is 7.92. The van der Waals surface area contributed by atoms with E-state index >= 15 is 0 Å². The van der Waals surface area contributed by atoms with Gasteiger partial charge in [0.1, 0.15) is 5.82 Å². The van der Waals surface area contributed by atoms with Gasteiger partial charge in [0, 0.05) is 0 Å². The van der Waals surface area contributed by atoms with E-state index in [2.05, 4.69) is 4.72 Å². The molecule has 0 radical (unpaired) electrons. The number of hydrogen-bond acceptors (Lipinski definition) is 2. The second-order valence-electron chi connectivity index (χ2n) is 5.29. The lowest BCUT2D eigenvalue weighted by Gasteiger charge is -2.15. The van der Waals surface area contributed by atoms with Gasteiger partial charge in [-0.2, -0.15) is 0 Å². The van der Waals surface area contributed by atoms with Gasteiger partial charge in [0.2, 0.25) is 0 Å². The lowest BCUT2D eigenvalue weighted by molar-refractivity contribution is 0.598. The quantitative estimate of drug-likeness (QED) is 0.936. The molecule has 21 heavy (non-hydrogen) atoms. The predicted molar refractivity (Wildman–Crippen MR) is 82.6 cm³/mol. The molecule has 0 amide bonds. The maximum atomic E-state index is 13.1. The summed E-state index contributed by atoms with van der Waals surface area (Å²) in [4.78, 5) is 0.0864. The smallest absolute Gasteiger partial charge is 0.262 e. The molecular weight excluding hydrogens is 289 g/mol. The normalized spacial score (nSPS) is 11.5. The van der Waals surface area contributed by atoms with Gasteiger partial charge in [-0.15, -0.1) is 0 Å². The van der Waals surface area contributed by atoms with E-state index in [-0.39, 0.29) is 4.90 Å². The number of halogens is 1. The van der Waals surface area contributed by atoms with Crippen molar-refractivity contribution in [3.8, 4) is 0 Å². The molecule has 0 aliphatic carbocycles. The molecule has 0 aromatic heterocycles. The van der Waals surface area contributed by atoms with Crippen molar-refractivity contribution in [3.05, 3.63) is 58.4 Å². The molecule has 112 valence electrons. The second-order valence-corrected chi connectivity index (χ2v) is 6.94. The lowest BCUT2D eigenvalue weighted by atomic mass is 10.1. The van der Waals surface area contributed by atoms with Crippen molar-refractivity contribution in [1.29, 1.82) is 0 Å². The van der Waals surface area contributed by atoms with E-state index in [9.17, 15) is 12.8 Å². The first-order valence-electron chi connectivity index (χ1n) is 6.57. The Labute approximate surface area is 124 Å². The Morgan fingerprint density at radius 1 is 0.905 bits per heavy atom. The molecule has 2 aromatic rings. The summed E-state index contributed by atoms with van der Waals surface area (Å²) in [6.07, 6.45) is 0. The van der Waals surface area contributed by atoms with E-state index in [1.165, 1.54) is 12.1 Å². The van der Waals surface area contributed by atoms with Crippen LogP contribution in [0.1, 0.15) is 22.3 Å². The van der Waals surface area contributed by atoms with Crippen LogP contribution in [0, 0.1) is 33.5 Å². The number of sulfonamides is 1. The summed E-state index contributed by atoms with van der Waals surface area (Å²) in [7, 11) is -3.74. The Hall–Kier alpha value is -1.88. The van der Waals surface area contributed by atoms with Gasteiger partial charge in [-0.05, 0) is 62.6 Å². The molecule has 0 saturated carbocycles. The van der Waals surface area contributed by atoms with Crippen LogP contribution in [-0.2, 0) is 10.0 Å². The molecular formula is C16H18FNO2S. The summed E-state index contributed by atoms with van der Waals surface area (Å²) in [6, 6.07) is 7.48. The summed E-state index contributed by atoms with van der Waals surface area (Å²) in [5, 5.41) is 0. The second kappa shape index (κ2) is 5.48. The fourth-order valence-corrected chi connectivity index (χ4v) is 3.88. The first-order chi connectivity index (χ1) is 9.70. The number of aryl methyl sites for hydroxylation is 4. The molecule has 0 bridgehead atoms. The molecule has 2 aromatic carbocycles. The fraction of sp³-hybridized carbons (Fsp3) is 0.250. The molecule has 0 unspecified atom stereocenters. The molecule has 3 nitrogen and oxygen atoms in total. The van der Waals surface area contributed by atoms with Gasteiger partial charge in [-0.3, -0.25) is 4.72 Å². The van der Waals surface area contributed by atoms with Crippen LogP contribution in [0.2, 0.25) is 0 Å². The van der Waals surface area contributed by atoms with E-state index in [1.807, 2.05) is 32.9 Å². The van der Waals surface area contributed by atoms with Crippen LogP contribution >= 0.6 is 0 Å². The van der Waals surface area contributed by atoms with E-state index in [4.69, 9.17) is 0 Å². The summed E-state index contributed by atoms with van der Waals surface area (Å²) in [5.74, 6) is -0.450. The van der Waals surface area contributed by atoms with Crippen LogP contribution in [0.25, 0.3) is 0 Å². The van der Waals surface area contributed by atoms with E-state index in [1.54, 1.807) is 6.92 Å². The van der Waals surface area contributed by atoms with Crippen LogP contribution in [0.4, 0.5) is 10.1 Å². The summed E-state index contributed by atoms with van der Waals surface area (Å²) < 4.78 is 40.7. The van der Waals surface area contributed by atoms with Crippen LogP contribution in [0.15, 0.2) is 35.2 Å². The van der Waals surface area contributed by atoms with Gasteiger partial charge < -0.3 is 0 Å². The molecule has 0 heterocycles. The Balaban J connectivity index is 2.47. The average molecular weight is 307 g/mol. The fourth-order valence-electron chi connectivity index (χ4n) is 2.44. The minimum atomic E-state index is -3.74. The van der Waals surface area contributed by atoms with Crippen LogP contribution in [0.5, 0.6) is 0 Å². The Morgan fingerprint density at radius 2 is 1.48 bits per heavy atom. The molecule has 0 aliphatic rings. The zero-order valence-electron chi connectivity index (χ0n) is 12.5. The lowest BCUT2D eigenvalue weighted by Crippen LogP contribution is -2.16. The van der Waals surface area contributed by atoms with Crippen molar-refractivity contribution in [1.82, 2.24) is 0 Å². The highest BCUT2D eigenvalue weighted by atomic mass is 32.2. The monoisotopic (exact) mass is 307 g/mol. The molecule has 5 heteroatoms. The largest absolute Gasteiger partial charge is 0.279 e. The molecule has 0 atom stereocenters. The molecule has 0 saturated heterocycles. The standard InChI is InChI=1S/C16H18FNO2S/c1-10-7-12(3)16(13(4)8-10)18-21(19,20)15-6-5-14(17)9-11(15)2/h5-9,18H,1-4H3. The minimum Gasteiger partial charge on any atom is -0.279 e. The zero-order chi connectivity index (χ0) is 15.8. The third-order valence-electron chi connectivity index (χ3n) is 3.34. The van der Waals surface area contributed by atoms with Gasteiger partial charge in [0.05, 0.1) is 10.6 Å². The number of hydrogen-bond donors (Lipinski definition) is 1. The van der Waals surface area contributed by atoms with Crippen LogP contribution < -0.4 is 4.72 Å². The highest BCUT2D eigenvalue weighted by Crippen LogP contribution is 2.26. The average Bonchev–Trinajstić information content (AvgIpc) is 2.33. The van der Waals surface area contributed by atoms with Crippen molar-refractivity contribution in [2.45, 2.75) is 32.6 Å². The van der Waals surface area contributed by atoms with E-state index < -0.39 is 15.8 Å². The van der Waals surface area contributed by atoms with Crippen molar-refractivity contribution < 1.29 is 12.8 Å². The first-order valence-corrected chi connectivity index (χ1v) is 8.06. The van der Waals surface area contributed by atoms with E-state index in [0.29, 0.717) is 11.3 Å². The minimum absolute atomic E-state index is 0.0864. The predicted octanol–water partition coefficient (Wildman–Crippen LogP) is 3.86. The van der Waals surface area contributed by atoms with Gasteiger partial charge in [-0.25, -0.2) is 12.8 Å². The zero-order valence-corrected chi connectivity index (χ0v) is 13.3.